The highest BCUT2D eigenvalue weighted by Crippen LogP contribution is 2.27. The topological polar surface area (TPSA) is 32.7 Å². The molecular weight excluding hydrogens is 283 g/mol. The van der Waals surface area contributed by atoms with E-state index in [0.717, 1.165) is 13.0 Å². The molecule has 0 saturated carbocycles. The van der Waals surface area contributed by atoms with Crippen molar-refractivity contribution in [2.24, 2.45) is 5.18 Å². The maximum Gasteiger partial charge on any atom is 0.109 e. The summed E-state index contributed by atoms with van der Waals surface area (Å²) in [5, 5.41) is 4.17. The smallest absolute Gasteiger partial charge is 0.109 e. The summed E-state index contributed by atoms with van der Waals surface area (Å²) in [5.74, 6) is 0. The fourth-order valence-electron chi connectivity index (χ4n) is 1.71. The SMILES string of the molecule is C=C/C(Cl)=C(\C(Cl)=C/C)N(CCC)CC(CC)N=O. The van der Waals surface area contributed by atoms with E-state index in [9.17, 15) is 4.91 Å². The summed E-state index contributed by atoms with van der Waals surface area (Å²) in [7, 11) is 0. The summed E-state index contributed by atoms with van der Waals surface area (Å²) in [6, 6.07) is -0.267. The van der Waals surface area contributed by atoms with Crippen LogP contribution in [0.2, 0.25) is 0 Å². The average molecular weight is 305 g/mol. The largest absolute Gasteiger partial charge is 0.367 e. The number of nitroso groups, excluding NO2 is 1. The van der Waals surface area contributed by atoms with E-state index >= 15 is 0 Å². The molecule has 0 amide bonds. The number of allylic oxidation sites excluding steroid dienone is 4. The molecule has 0 fully saturated rings. The third-order valence-electron chi connectivity index (χ3n) is 2.75. The van der Waals surface area contributed by atoms with Crippen LogP contribution in [0.1, 0.15) is 33.6 Å². The molecule has 0 bridgehead atoms. The molecule has 0 saturated heterocycles. The summed E-state index contributed by atoms with van der Waals surface area (Å²) in [5.41, 5.74) is 0.713. The Hall–Kier alpha value is -0.800. The van der Waals surface area contributed by atoms with E-state index in [0.29, 0.717) is 28.7 Å². The Bertz CT molecular complexity index is 364. The molecule has 1 atom stereocenters. The van der Waals surface area contributed by atoms with Crippen LogP contribution in [0.4, 0.5) is 0 Å². The van der Waals surface area contributed by atoms with Crippen molar-refractivity contribution in [1.82, 2.24) is 4.90 Å². The first-order valence-electron chi connectivity index (χ1n) is 6.47. The zero-order valence-electron chi connectivity index (χ0n) is 11.8. The van der Waals surface area contributed by atoms with Crippen LogP contribution in [-0.2, 0) is 0 Å². The van der Waals surface area contributed by atoms with E-state index < -0.39 is 0 Å². The first kappa shape index (κ1) is 18.2. The molecule has 0 aliphatic rings. The zero-order valence-corrected chi connectivity index (χ0v) is 13.3. The highest BCUT2D eigenvalue weighted by molar-refractivity contribution is 6.36. The van der Waals surface area contributed by atoms with Gasteiger partial charge in [0.15, 0.2) is 0 Å². The fraction of sp³-hybridized carbons (Fsp3) is 0.571. The third kappa shape index (κ3) is 5.79. The van der Waals surface area contributed by atoms with Gasteiger partial charge in [0.1, 0.15) is 6.04 Å². The van der Waals surface area contributed by atoms with Gasteiger partial charge in [0.2, 0.25) is 0 Å². The van der Waals surface area contributed by atoms with Crippen LogP contribution in [0.25, 0.3) is 0 Å². The first-order valence-corrected chi connectivity index (χ1v) is 7.22. The van der Waals surface area contributed by atoms with Gasteiger partial charge in [-0.25, -0.2) is 0 Å². The summed E-state index contributed by atoms with van der Waals surface area (Å²) in [6.45, 7) is 10.8. The van der Waals surface area contributed by atoms with E-state index in [1.165, 1.54) is 0 Å². The second kappa shape index (κ2) is 10.0. The first-order chi connectivity index (χ1) is 9.05. The Labute approximate surface area is 125 Å². The van der Waals surface area contributed by atoms with E-state index in [4.69, 9.17) is 23.2 Å². The second-order valence-corrected chi connectivity index (χ2v) is 4.97. The van der Waals surface area contributed by atoms with E-state index in [-0.39, 0.29) is 6.04 Å². The molecule has 0 heterocycles. The van der Waals surface area contributed by atoms with Gasteiger partial charge in [-0.2, -0.15) is 4.91 Å². The van der Waals surface area contributed by atoms with E-state index in [2.05, 4.69) is 18.7 Å². The van der Waals surface area contributed by atoms with Crippen molar-refractivity contribution in [3.8, 4) is 0 Å². The van der Waals surface area contributed by atoms with Crippen LogP contribution in [0.15, 0.2) is 39.7 Å². The quantitative estimate of drug-likeness (QED) is 0.442. The molecule has 0 aliphatic heterocycles. The van der Waals surface area contributed by atoms with Crippen LogP contribution >= 0.6 is 23.2 Å². The van der Waals surface area contributed by atoms with Gasteiger partial charge < -0.3 is 4.90 Å². The van der Waals surface area contributed by atoms with Crippen LogP contribution in [0.3, 0.4) is 0 Å². The molecule has 0 N–H and O–H groups in total. The molecular formula is C14H22Cl2N2O. The minimum Gasteiger partial charge on any atom is -0.367 e. The highest BCUT2D eigenvalue weighted by Gasteiger charge is 2.19. The minimum atomic E-state index is -0.267. The van der Waals surface area contributed by atoms with Gasteiger partial charge >= 0.3 is 0 Å². The van der Waals surface area contributed by atoms with Gasteiger partial charge in [0.25, 0.3) is 0 Å². The van der Waals surface area contributed by atoms with Crippen molar-refractivity contribution in [3.63, 3.8) is 0 Å². The van der Waals surface area contributed by atoms with Crippen LogP contribution < -0.4 is 0 Å². The maximum absolute atomic E-state index is 10.8. The van der Waals surface area contributed by atoms with Crippen LogP contribution in [0.5, 0.6) is 0 Å². The maximum atomic E-state index is 10.8. The van der Waals surface area contributed by atoms with Crippen molar-refractivity contribution >= 4 is 23.2 Å². The Morgan fingerprint density at radius 2 is 2.05 bits per heavy atom. The van der Waals surface area contributed by atoms with Crippen LogP contribution in [0, 0.1) is 4.91 Å². The Balaban J connectivity index is 5.41. The number of rotatable bonds is 9. The average Bonchev–Trinajstić information content (AvgIpc) is 2.43. The van der Waals surface area contributed by atoms with Gasteiger partial charge in [-0.3, -0.25) is 0 Å². The van der Waals surface area contributed by atoms with Crippen molar-refractivity contribution in [2.45, 2.75) is 39.7 Å². The normalized spacial score (nSPS) is 14.7. The Morgan fingerprint density at radius 3 is 2.42 bits per heavy atom. The molecule has 0 aromatic rings. The summed E-state index contributed by atoms with van der Waals surface area (Å²) < 4.78 is 0. The molecule has 5 heteroatoms. The highest BCUT2D eigenvalue weighted by atomic mass is 35.5. The minimum absolute atomic E-state index is 0.267. The Kier molecular flexibility index (Phi) is 9.62. The van der Waals surface area contributed by atoms with Crippen molar-refractivity contribution < 1.29 is 0 Å². The third-order valence-corrected chi connectivity index (χ3v) is 3.48. The molecule has 108 valence electrons. The van der Waals surface area contributed by atoms with Crippen molar-refractivity contribution in [3.05, 3.63) is 39.4 Å². The number of halogens is 2. The lowest BCUT2D eigenvalue weighted by molar-refractivity contribution is 0.323. The number of hydrogen-bond donors (Lipinski definition) is 0. The van der Waals surface area contributed by atoms with Crippen molar-refractivity contribution in [2.75, 3.05) is 13.1 Å². The molecule has 0 aromatic heterocycles. The summed E-state index contributed by atoms with van der Waals surface area (Å²) in [6.07, 6.45) is 4.95. The van der Waals surface area contributed by atoms with E-state index in [1.807, 2.05) is 18.7 Å². The predicted molar refractivity (Wildman–Crippen MR) is 84.4 cm³/mol. The Morgan fingerprint density at radius 1 is 1.42 bits per heavy atom. The van der Waals surface area contributed by atoms with Gasteiger partial charge in [-0.1, -0.05) is 54.9 Å². The lowest BCUT2D eigenvalue weighted by Gasteiger charge is -2.29. The second-order valence-electron chi connectivity index (χ2n) is 4.15. The predicted octanol–water partition coefficient (Wildman–Crippen LogP) is 5.02. The number of nitrogens with zero attached hydrogens (tertiary/aromatic N) is 2. The number of hydrogen-bond acceptors (Lipinski definition) is 3. The van der Waals surface area contributed by atoms with Crippen molar-refractivity contribution in [1.29, 1.82) is 0 Å². The molecule has 0 aliphatic carbocycles. The van der Waals surface area contributed by atoms with E-state index in [1.54, 1.807) is 12.2 Å². The molecule has 0 spiro atoms. The monoisotopic (exact) mass is 304 g/mol. The standard InChI is InChI=1S/C14H22Cl2N2O/c1-5-9-18(10-11(6-2)17-19)14(12(15)7-3)13(16)8-4/h7-8,11H,3,5-6,9-10H2,1-2,4H3/b13-8+,14-12-. The lowest BCUT2D eigenvalue weighted by atomic mass is 10.2. The molecule has 0 radical (unpaired) electrons. The van der Waals surface area contributed by atoms with Gasteiger partial charge in [0, 0.05) is 13.1 Å². The summed E-state index contributed by atoms with van der Waals surface area (Å²) in [4.78, 5) is 12.8. The van der Waals surface area contributed by atoms with Gasteiger partial charge in [0.05, 0.1) is 15.8 Å². The molecule has 0 rings (SSSR count). The van der Waals surface area contributed by atoms with Crippen LogP contribution in [-0.4, -0.2) is 24.0 Å². The fourth-order valence-corrected chi connectivity index (χ4v) is 2.20. The molecule has 19 heavy (non-hydrogen) atoms. The van der Waals surface area contributed by atoms with Gasteiger partial charge in [-0.15, -0.1) is 0 Å². The summed E-state index contributed by atoms with van der Waals surface area (Å²) >= 11 is 12.4. The molecule has 3 nitrogen and oxygen atoms in total. The zero-order chi connectivity index (χ0) is 14.8. The molecule has 1 unspecified atom stereocenters. The van der Waals surface area contributed by atoms with Gasteiger partial charge in [-0.05, 0) is 25.8 Å². The lowest BCUT2D eigenvalue weighted by Crippen LogP contribution is -2.32. The molecule has 0 aromatic carbocycles.